The van der Waals surface area contributed by atoms with Gasteiger partial charge in [-0.15, -0.1) is 0 Å². The Bertz CT molecular complexity index is 569. The van der Waals surface area contributed by atoms with E-state index >= 15 is 0 Å². The van der Waals surface area contributed by atoms with Gasteiger partial charge >= 0.3 is 0 Å². The molecule has 0 radical (unpaired) electrons. The summed E-state index contributed by atoms with van der Waals surface area (Å²) in [4.78, 5) is 0. The van der Waals surface area contributed by atoms with Gasteiger partial charge in [0.15, 0.2) is 0 Å². The van der Waals surface area contributed by atoms with Crippen molar-refractivity contribution in [3.8, 4) is 0 Å². The third kappa shape index (κ3) is 2.28. The highest BCUT2D eigenvalue weighted by Crippen LogP contribution is 2.35. The molecule has 1 unspecified atom stereocenters. The van der Waals surface area contributed by atoms with Crippen molar-refractivity contribution in [3.05, 3.63) is 16.1 Å². The number of hydrogen-bond donors (Lipinski definition) is 1. The molecule has 7 heteroatoms. The molecule has 0 saturated carbocycles. The van der Waals surface area contributed by atoms with Gasteiger partial charge in [-0.2, -0.15) is 8.75 Å². The van der Waals surface area contributed by atoms with Gasteiger partial charge in [0.1, 0.15) is 11.0 Å². The molecule has 18 heavy (non-hydrogen) atoms. The number of aromatic nitrogens is 2. The van der Waals surface area contributed by atoms with Crippen LogP contribution in [0.25, 0.3) is 11.0 Å². The standard InChI is InChI=1S/C11H11Cl2N3OS/c12-7-4-8(13)10-11(16-18-15-10)9(7)14-5-6-2-1-3-17-6/h4,6,14H,1-3,5H2. The fraction of sp³-hybridized carbons (Fsp3) is 0.455. The summed E-state index contributed by atoms with van der Waals surface area (Å²) in [7, 11) is 0. The molecule has 0 spiro atoms. The molecule has 1 aromatic carbocycles. The maximum atomic E-state index is 6.20. The van der Waals surface area contributed by atoms with Crippen LogP contribution in [0.4, 0.5) is 5.69 Å². The Morgan fingerprint density at radius 1 is 1.33 bits per heavy atom. The first-order valence-corrected chi connectivity index (χ1v) is 7.20. The SMILES string of the molecule is Clc1cc(Cl)c2nsnc2c1NCC1CCCO1. The van der Waals surface area contributed by atoms with E-state index in [2.05, 4.69) is 14.1 Å². The van der Waals surface area contributed by atoms with E-state index < -0.39 is 0 Å². The fourth-order valence-electron chi connectivity index (χ4n) is 2.06. The summed E-state index contributed by atoms with van der Waals surface area (Å²) in [5.41, 5.74) is 2.22. The molecular weight excluding hydrogens is 293 g/mol. The van der Waals surface area contributed by atoms with Gasteiger partial charge < -0.3 is 10.1 Å². The lowest BCUT2D eigenvalue weighted by atomic mass is 10.2. The zero-order valence-corrected chi connectivity index (χ0v) is 11.8. The Hall–Kier alpha value is -0.620. The minimum absolute atomic E-state index is 0.249. The Morgan fingerprint density at radius 2 is 2.17 bits per heavy atom. The van der Waals surface area contributed by atoms with E-state index in [0.29, 0.717) is 15.6 Å². The second kappa shape index (κ2) is 5.17. The van der Waals surface area contributed by atoms with Crippen molar-refractivity contribution in [1.82, 2.24) is 8.75 Å². The maximum absolute atomic E-state index is 6.20. The fourth-order valence-corrected chi connectivity index (χ4v) is 3.24. The summed E-state index contributed by atoms with van der Waals surface area (Å²) < 4.78 is 14.0. The number of fused-ring (bicyclic) bond motifs is 1. The van der Waals surface area contributed by atoms with Crippen LogP contribution in [0.15, 0.2) is 6.07 Å². The lowest BCUT2D eigenvalue weighted by Crippen LogP contribution is -2.18. The van der Waals surface area contributed by atoms with Crippen molar-refractivity contribution >= 4 is 51.7 Å². The van der Waals surface area contributed by atoms with Gasteiger partial charge in [0.2, 0.25) is 0 Å². The molecule has 1 saturated heterocycles. The number of nitrogens with zero attached hydrogens (tertiary/aromatic N) is 2. The number of benzene rings is 1. The molecule has 1 atom stereocenters. The molecule has 1 aliphatic heterocycles. The molecule has 1 N–H and O–H groups in total. The predicted molar refractivity (Wildman–Crippen MR) is 74.9 cm³/mol. The maximum Gasteiger partial charge on any atom is 0.130 e. The van der Waals surface area contributed by atoms with E-state index in [0.717, 1.165) is 48.9 Å². The topological polar surface area (TPSA) is 47.0 Å². The number of anilines is 1. The van der Waals surface area contributed by atoms with Crippen molar-refractivity contribution in [1.29, 1.82) is 0 Å². The Morgan fingerprint density at radius 3 is 2.94 bits per heavy atom. The minimum atomic E-state index is 0.249. The molecule has 96 valence electrons. The van der Waals surface area contributed by atoms with Gasteiger partial charge in [-0.25, -0.2) is 0 Å². The van der Waals surface area contributed by atoms with Crippen LogP contribution in [-0.2, 0) is 4.74 Å². The molecule has 2 heterocycles. The average molecular weight is 304 g/mol. The number of halogens is 2. The molecule has 1 fully saturated rings. The van der Waals surface area contributed by atoms with E-state index in [1.54, 1.807) is 6.07 Å². The van der Waals surface area contributed by atoms with Crippen LogP contribution in [0.3, 0.4) is 0 Å². The lowest BCUT2D eigenvalue weighted by molar-refractivity contribution is 0.120. The Balaban J connectivity index is 1.88. The first-order valence-electron chi connectivity index (χ1n) is 5.71. The summed E-state index contributed by atoms with van der Waals surface area (Å²) >= 11 is 13.4. The number of hydrogen-bond acceptors (Lipinski definition) is 5. The zero-order chi connectivity index (χ0) is 12.5. The number of nitrogens with one attached hydrogen (secondary N) is 1. The van der Waals surface area contributed by atoms with Crippen LogP contribution >= 0.6 is 34.9 Å². The lowest BCUT2D eigenvalue weighted by Gasteiger charge is -2.13. The van der Waals surface area contributed by atoms with Crippen LogP contribution in [0.2, 0.25) is 10.0 Å². The quantitative estimate of drug-likeness (QED) is 0.941. The van der Waals surface area contributed by atoms with Crippen LogP contribution in [-0.4, -0.2) is 28.0 Å². The van der Waals surface area contributed by atoms with Gasteiger partial charge in [0, 0.05) is 13.2 Å². The highest BCUT2D eigenvalue weighted by Gasteiger charge is 2.18. The monoisotopic (exact) mass is 303 g/mol. The molecule has 0 bridgehead atoms. The van der Waals surface area contributed by atoms with Gasteiger partial charge in [0.05, 0.1) is 33.6 Å². The predicted octanol–water partition coefficient (Wildman–Crippen LogP) is 3.59. The van der Waals surface area contributed by atoms with E-state index in [-0.39, 0.29) is 6.10 Å². The summed E-state index contributed by atoms with van der Waals surface area (Å²) in [6.07, 6.45) is 2.45. The smallest absolute Gasteiger partial charge is 0.130 e. The third-order valence-corrected chi connectivity index (χ3v) is 4.09. The van der Waals surface area contributed by atoms with Gasteiger partial charge in [0.25, 0.3) is 0 Å². The molecule has 1 aromatic heterocycles. The second-order valence-electron chi connectivity index (χ2n) is 4.19. The first kappa shape index (κ1) is 12.4. The van der Waals surface area contributed by atoms with Crippen molar-refractivity contribution < 1.29 is 4.74 Å². The second-order valence-corrected chi connectivity index (χ2v) is 5.54. The van der Waals surface area contributed by atoms with E-state index in [4.69, 9.17) is 27.9 Å². The highest BCUT2D eigenvalue weighted by atomic mass is 35.5. The van der Waals surface area contributed by atoms with E-state index in [1.165, 1.54) is 0 Å². The summed E-state index contributed by atoms with van der Waals surface area (Å²) in [5.74, 6) is 0. The third-order valence-electron chi connectivity index (χ3n) is 2.97. The van der Waals surface area contributed by atoms with Gasteiger partial charge in [-0.05, 0) is 18.9 Å². The summed E-state index contributed by atoms with van der Waals surface area (Å²) in [5, 5.41) is 4.40. The van der Waals surface area contributed by atoms with E-state index in [9.17, 15) is 0 Å². The molecule has 0 aliphatic carbocycles. The van der Waals surface area contributed by atoms with Crippen molar-refractivity contribution in [3.63, 3.8) is 0 Å². The first-order chi connectivity index (χ1) is 8.75. The molecular formula is C11H11Cl2N3OS. The van der Waals surface area contributed by atoms with Gasteiger partial charge in [-0.3, -0.25) is 0 Å². The van der Waals surface area contributed by atoms with Gasteiger partial charge in [-0.1, -0.05) is 23.2 Å². The van der Waals surface area contributed by atoms with Crippen LogP contribution in [0.5, 0.6) is 0 Å². The summed E-state index contributed by atoms with van der Waals surface area (Å²) in [6.45, 7) is 1.57. The Kier molecular flexibility index (Phi) is 3.56. The van der Waals surface area contributed by atoms with Crippen molar-refractivity contribution in [2.45, 2.75) is 18.9 Å². The summed E-state index contributed by atoms with van der Waals surface area (Å²) in [6, 6.07) is 1.70. The van der Waals surface area contributed by atoms with E-state index in [1.807, 2.05) is 0 Å². The van der Waals surface area contributed by atoms with Crippen LogP contribution in [0.1, 0.15) is 12.8 Å². The molecule has 0 amide bonds. The van der Waals surface area contributed by atoms with Crippen molar-refractivity contribution in [2.24, 2.45) is 0 Å². The largest absolute Gasteiger partial charge is 0.379 e. The minimum Gasteiger partial charge on any atom is -0.379 e. The molecule has 3 rings (SSSR count). The van der Waals surface area contributed by atoms with Crippen molar-refractivity contribution in [2.75, 3.05) is 18.5 Å². The molecule has 2 aromatic rings. The highest BCUT2D eigenvalue weighted by molar-refractivity contribution is 7.00. The normalized spacial score (nSPS) is 19.6. The Labute approximate surface area is 119 Å². The molecule has 1 aliphatic rings. The molecule has 4 nitrogen and oxygen atoms in total. The number of ether oxygens (including phenoxy) is 1. The number of rotatable bonds is 3. The van der Waals surface area contributed by atoms with Crippen LogP contribution in [0, 0.1) is 0 Å². The van der Waals surface area contributed by atoms with Crippen LogP contribution < -0.4 is 5.32 Å². The zero-order valence-electron chi connectivity index (χ0n) is 9.45. The average Bonchev–Trinajstić information content (AvgIpc) is 2.98.